The van der Waals surface area contributed by atoms with Gasteiger partial charge in [-0.05, 0) is 0 Å². The zero-order valence-electron chi connectivity index (χ0n) is 11.4. The molecule has 0 saturated carbocycles. The van der Waals surface area contributed by atoms with Crippen LogP contribution >= 0.6 is 0 Å². The van der Waals surface area contributed by atoms with Gasteiger partial charge in [0.2, 0.25) is 5.91 Å². The Morgan fingerprint density at radius 2 is 1.94 bits per heavy atom. The van der Waals surface area contributed by atoms with Gasteiger partial charge in [0.25, 0.3) is 0 Å². The van der Waals surface area contributed by atoms with E-state index < -0.39 is 0 Å². The number of methoxy groups -OCH3 is 2. The van der Waals surface area contributed by atoms with E-state index in [0.29, 0.717) is 13.0 Å². The molecule has 2 N–H and O–H groups in total. The molecule has 106 valence electrons. The molecular weight excluding hydrogens is 234 g/mol. The molecule has 1 aliphatic heterocycles. The van der Waals surface area contributed by atoms with Gasteiger partial charge >= 0.3 is 0 Å². The number of carbonyl (C=O) groups is 1. The van der Waals surface area contributed by atoms with E-state index in [1.807, 2.05) is 4.90 Å². The Morgan fingerprint density at radius 1 is 1.28 bits per heavy atom. The third-order valence-electron chi connectivity index (χ3n) is 3.34. The average molecular weight is 259 g/mol. The first-order valence-electron chi connectivity index (χ1n) is 6.43. The van der Waals surface area contributed by atoms with Crippen LogP contribution in [-0.2, 0) is 14.3 Å². The standard InChI is InChI=1S/C12H25N3O3/c1-17-8-7-14-3-5-15(6-4-14)12(16)9-11(10-13)18-2/h11H,3-10,13H2,1-2H3. The number of rotatable bonds is 7. The monoisotopic (exact) mass is 259 g/mol. The Bertz CT molecular complexity index is 239. The van der Waals surface area contributed by atoms with Crippen LogP contribution in [0.4, 0.5) is 0 Å². The number of nitrogens with two attached hydrogens (primary N) is 1. The summed E-state index contributed by atoms with van der Waals surface area (Å²) in [6, 6.07) is 0. The van der Waals surface area contributed by atoms with Crippen LogP contribution in [0.2, 0.25) is 0 Å². The van der Waals surface area contributed by atoms with Gasteiger partial charge in [-0.25, -0.2) is 0 Å². The van der Waals surface area contributed by atoms with Crippen LogP contribution in [0.15, 0.2) is 0 Å². The molecule has 0 aromatic carbocycles. The van der Waals surface area contributed by atoms with E-state index >= 15 is 0 Å². The highest BCUT2D eigenvalue weighted by molar-refractivity contribution is 5.76. The third kappa shape index (κ3) is 4.89. The molecule has 0 aromatic rings. The van der Waals surface area contributed by atoms with Gasteiger partial charge in [0, 0.05) is 53.5 Å². The number of carbonyl (C=O) groups excluding carboxylic acids is 1. The first-order chi connectivity index (χ1) is 8.71. The molecule has 0 spiro atoms. The third-order valence-corrected chi connectivity index (χ3v) is 3.34. The maximum absolute atomic E-state index is 12.0. The molecule has 0 radical (unpaired) electrons. The quantitative estimate of drug-likeness (QED) is 0.644. The molecule has 6 nitrogen and oxygen atoms in total. The summed E-state index contributed by atoms with van der Waals surface area (Å²) in [6.07, 6.45) is 0.217. The topological polar surface area (TPSA) is 68.0 Å². The number of amides is 1. The van der Waals surface area contributed by atoms with Crippen molar-refractivity contribution in [3.05, 3.63) is 0 Å². The maximum Gasteiger partial charge on any atom is 0.225 e. The van der Waals surface area contributed by atoms with Gasteiger partial charge in [-0.2, -0.15) is 0 Å². The zero-order chi connectivity index (χ0) is 13.4. The lowest BCUT2D eigenvalue weighted by atomic mass is 10.2. The Labute approximate surface area is 109 Å². The highest BCUT2D eigenvalue weighted by atomic mass is 16.5. The molecule has 0 aliphatic carbocycles. The highest BCUT2D eigenvalue weighted by Crippen LogP contribution is 2.06. The molecule has 1 atom stereocenters. The summed E-state index contributed by atoms with van der Waals surface area (Å²) in [5.41, 5.74) is 5.52. The van der Waals surface area contributed by atoms with Gasteiger partial charge in [0.15, 0.2) is 0 Å². The normalized spacial score (nSPS) is 18.9. The van der Waals surface area contributed by atoms with E-state index in [2.05, 4.69) is 4.90 Å². The largest absolute Gasteiger partial charge is 0.383 e. The summed E-state index contributed by atoms with van der Waals surface area (Å²) < 4.78 is 10.2. The Morgan fingerprint density at radius 3 is 2.44 bits per heavy atom. The number of hydrogen-bond acceptors (Lipinski definition) is 5. The summed E-state index contributed by atoms with van der Waals surface area (Å²) in [6.45, 7) is 5.45. The van der Waals surface area contributed by atoms with E-state index in [9.17, 15) is 4.79 Å². The molecule has 1 rings (SSSR count). The van der Waals surface area contributed by atoms with Gasteiger partial charge in [0.1, 0.15) is 0 Å². The smallest absolute Gasteiger partial charge is 0.225 e. The van der Waals surface area contributed by atoms with Crippen molar-refractivity contribution >= 4 is 5.91 Å². The first-order valence-corrected chi connectivity index (χ1v) is 6.43. The lowest BCUT2D eigenvalue weighted by Gasteiger charge is -2.35. The molecule has 1 unspecified atom stereocenters. The maximum atomic E-state index is 12.0. The van der Waals surface area contributed by atoms with Crippen LogP contribution in [0.1, 0.15) is 6.42 Å². The van der Waals surface area contributed by atoms with Crippen molar-refractivity contribution in [3.8, 4) is 0 Å². The van der Waals surface area contributed by atoms with Crippen LogP contribution in [0.5, 0.6) is 0 Å². The van der Waals surface area contributed by atoms with Crippen molar-refractivity contribution in [1.29, 1.82) is 0 Å². The highest BCUT2D eigenvalue weighted by Gasteiger charge is 2.22. The van der Waals surface area contributed by atoms with Crippen LogP contribution in [0.25, 0.3) is 0 Å². The van der Waals surface area contributed by atoms with Gasteiger partial charge < -0.3 is 20.1 Å². The first kappa shape index (κ1) is 15.4. The van der Waals surface area contributed by atoms with E-state index in [0.717, 1.165) is 39.3 Å². The molecule has 1 amide bonds. The fourth-order valence-electron chi connectivity index (χ4n) is 2.03. The molecule has 1 heterocycles. The summed E-state index contributed by atoms with van der Waals surface area (Å²) >= 11 is 0. The predicted octanol–water partition coefficient (Wildman–Crippen LogP) is -0.859. The van der Waals surface area contributed by atoms with E-state index in [1.54, 1.807) is 14.2 Å². The molecule has 1 saturated heterocycles. The summed E-state index contributed by atoms with van der Waals surface area (Å²) in [4.78, 5) is 16.2. The fraction of sp³-hybridized carbons (Fsp3) is 0.917. The Kier molecular flexibility index (Phi) is 7.19. The van der Waals surface area contributed by atoms with Crippen LogP contribution in [-0.4, -0.2) is 81.9 Å². The van der Waals surface area contributed by atoms with E-state index in [4.69, 9.17) is 15.2 Å². The average Bonchev–Trinajstić information content (AvgIpc) is 2.42. The van der Waals surface area contributed by atoms with Crippen molar-refractivity contribution in [2.24, 2.45) is 5.73 Å². The number of ether oxygens (including phenoxy) is 2. The van der Waals surface area contributed by atoms with Crippen molar-refractivity contribution < 1.29 is 14.3 Å². The molecular formula is C12H25N3O3. The van der Waals surface area contributed by atoms with Gasteiger partial charge in [-0.3, -0.25) is 9.69 Å². The molecule has 0 bridgehead atoms. The predicted molar refractivity (Wildman–Crippen MR) is 69.4 cm³/mol. The second kappa shape index (κ2) is 8.42. The molecule has 6 heteroatoms. The minimum Gasteiger partial charge on any atom is -0.383 e. The molecule has 0 aromatic heterocycles. The lowest BCUT2D eigenvalue weighted by Crippen LogP contribution is -2.50. The van der Waals surface area contributed by atoms with Crippen LogP contribution < -0.4 is 5.73 Å². The van der Waals surface area contributed by atoms with Crippen molar-refractivity contribution in [2.75, 3.05) is 60.1 Å². The number of piperazine rings is 1. The number of nitrogens with zero attached hydrogens (tertiary/aromatic N) is 2. The number of hydrogen-bond donors (Lipinski definition) is 1. The van der Waals surface area contributed by atoms with Gasteiger partial charge in [-0.1, -0.05) is 0 Å². The minimum atomic E-state index is -0.163. The Hall–Kier alpha value is -0.690. The Balaban J connectivity index is 2.27. The van der Waals surface area contributed by atoms with Gasteiger partial charge in [-0.15, -0.1) is 0 Å². The van der Waals surface area contributed by atoms with Crippen molar-refractivity contribution in [3.63, 3.8) is 0 Å². The van der Waals surface area contributed by atoms with Gasteiger partial charge in [0.05, 0.1) is 19.1 Å². The SMILES string of the molecule is COCCN1CCN(C(=O)CC(CN)OC)CC1. The second-order valence-corrected chi connectivity index (χ2v) is 4.51. The molecule has 1 aliphatic rings. The fourth-order valence-corrected chi connectivity index (χ4v) is 2.03. The lowest BCUT2D eigenvalue weighted by molar-refractivity contribution is -0.135. The summed E-state index contributed by atoms with van der Waals surface area (Å²) in [5, 5.41) is 0. The van der Waals surface area contributed by atoms with Crippen molar-refractivity contribution in [1.82, 2.24) is 9.80 Å². The van der Waals surface area contributed by atoms with E-state index in [-0.39, 0.29) is 12.0 Å². The second-order valence-electron chi connectivity index (χ2n) is 4.51. The molecule has 18 heavy (non-hydrogen) atoms. The van der Waals surface area contributed by atoms with Crippen LogP contribution in [0, 0.1) is 0 Å². The van der Waals surface area contributed by atoms with E-state index in [1.165, 1.54) is 0 Å². The zero-order valence-corrected chi connectivity index (χ0v) is 11.4. The molecule has 1 fully saturated rings. The van der Waals surface area contributed by atoms with Crippen LogP contribution in [0.3, 0.4) is 0 Å². The summed E-state index contributed by atoms with van der Waals surface area (Å²) in [5.74, 6) is 0.138. The van der Waals surface area contributed by atoms with Crippen molar-refractivity contribution in [2.45, 2.75) is 12.5 Å². The minimum absolute atomic E-state index is 0.138. The summed E-state index contributed by atoms with van der Waals surface area (Å²) in [7, 11) is 3.30.